The van der Waals surface area contributed by atoms with Crippen LogP contribution < -0.4 is 10.6 Å². The summed E-state index contributed by atoms with van der Waals surface area (Å²) in [7, 11) is 2.15. The number of rotatable bonds is 0. The van der Waals surface area contributed by atoms with Gasteiger partial charge in [-0.3, -0.25) is 4.79 Å². The fraction of sp³-hybridized carbons (Fsp3) is 0.900. The third-order valence-electron chi connectivity index (χ3n) is 3.42. The topological polar surface area (TPSA) is 44.4 Å². The van der Waals surface area contributed by atoms with Crippen LogP contribution in [0.5, 0.6) is 0 Å². The molecule has 2 N–H and O–H groups in total. The highest BCUT2D eigenvalue weighted by molar-refractivity contribution is 5.76. The lowest BCUT2D eigenvalue weighted by Gasteiger charge is -2.40. The van der Waals surface area contributed by atoms with Gasteiger partial charge in [0.1, 0.15) is 0 Å². The van der Waals surface area contributed by atoms with Crippen LogP contribution in [0.15, 0.2) is 0 Å². The number of hydrogen-bond acceptors (Lipinski definition) is 3. The number of hydrogen-bond donors (Lipinski definition) is 2. The molecule has 0 atom stereocenters. The molecule has 4 nitrogen and oxygen atoms in total. The average Bonchev–Trinajstić information content (AvgIpc) is 2.36. The molecular weight excluding hydrogens is 178 g/mol. The molecule has 0 aromatic carbocycles. The molecule has 1 amide bonds. The Balaban J connectivity index is 1.97. The molecule has 1 spiro atoms. The lowest BCUT2D eigenvalue weighted by atomic mass is 9.87. The fourth-order valence-corrected chi connectivity index (χ4v) is 2.26. The van der Waals surface area contributed by atoms with Gasteiger partial charge in [-0.2, -0.15) is 0 Å². The summed E-state index contributed by atoms with van der Waals surface area (Å²) >= 11 is 0. The number of carbonyl (C=O) groups excluding carboxylic acids is 1. The number of nitrogens with one attached hydrogen (secondary N) is 2. The van der Waals surface area contributed by atoms with E-state index in [1.165, 1.54) is 0 Å². The van der Waals surface area contributed by atoms with Gasteiger partial charge in [-0.15, -0.1) is 0 Å². The Hall–Kier alpha value is -0.610. The maximum atomic E-state index is 11.2. The number of carbonyl (C=O) groups is 1. The molecule has 2 saturated heterocycles. The van der Waals surface area contributed by atoms with Gasteiger partial charge in [0, 0.05) is 25.0 Å². The largest absolute Gasteiger partial charge is 0.354 e. The molecule has 2 rings (SSSR count). The minimum absolute atomic E-state index is 0.179. The van der Waals surface area contributed by atoms with Gasteiger partial charge in [0.15, 0.2) is 0 Å². The van der Waals surface area contributed by atoms with Gasteiger partial charge in [-0.25, -0.2) is 0 Å². The molecule has 0 aromatic heterocycles. The summed E-state index contributed by atoms with van der Waals surface area (Å²) in [6.45, 7) is 3.89. The van der Waals surface area contributed by atoms with Gasteiger partial charge in [0.25, 0.3) is 0 Å². The van der Waals surface area contributed by atoms with Crippen LogP contribution in [-0.2, 0) is 4.79 Å². The Morgan fingerprint density at radius 3 is 2.79 bits per heavy atom. The minimum Gasteiger partial charge on any atom is -0.354 e. The zero-order chi connectivity index (χ0) is 10.0. The standard InChI is InChI=1S/C10H19N3O/c1-13-6-3-10(4-7-13)8-11-9(14)2-5-12-10/h12H,2-8H2,1H3,(H,11,14). The lowest BCUT2D eigenvalue weighted by molar-refractivity contribution is -0.120. The summed E-state index contributed by atoms with van der Waals surface area (Å²) < 4.78 is 0. The molecule has 0 radical (unpaired) electrons. The zero-order valence-corrected chi connectivity index (χ0v) is 8.81. The molecule has 0 aromatic rings. The first-order valence-corrected chi connectivity index (χ1v) is 5.41. The average molecular weight is 197 g/mol. The molecule has 0 unspecified atom stereocenters. The maximum Gasteiger partial charge on any atom is 0.221 e. The van der Waals surface area contributed by atoms with Gasteiger partial charge < -0.3 is 15.5 Å². The number of likely N-dealkylation sites (tertiary alicyclic amines) is 1. The Labute approximate surface area is 85.0 Å². The van der Waals surface area contributed by atoms with E-state index in [1.807, 2.05) is 0 Å². The highest BCUT2D eigenvalue weighted by Crippen LogP contribution is 2.21. The van der Waals surface area contributed by atoms with E-state index in [4.69, 9.17) is 0 Å². The molecule has 0 saturated carbocycles. The predicted molar refractivity (Wildman–Crippen MR) is 55.1 cm³/mol. The predicted octanol–water partition coefficient (Wildman–Crippen LogP) is -0.440. The molecule has 0 aliphatic carbocycles. The van der Waals surface area contributed by atoms with Gasteiger partial charge in [0.2, 0.25) is 5.91 Å². The Bertz CT molecular complexity index is 221. The summed E-state index contributed by atoms with van der Waals surface area (Å²) in [4.78, 5) is 13.6. The summed E-state index contributed by atoms with van der Waals surface area (Å²) in [6.07, 6.45) is 2.91. The van der Waals surface area contributed by atoms with Crippen LogP contribution in [0.3, 0.4) is 0 Å². The Morgan fingerprint density at radius 2 is 2.07 bits per heavy atom. The molecule has 80 valence electrons. The first kappa shape index (κ1) is 9.93. The summed E-state index contributed by atoms with van der Waals surface area (Å²) in [5.74, 6) is 0.188. The van der Waals surface area contributed by atoms with Gasteiger partial charge in [-0.1, -0.05) is 0 Å². The second-order valence-corrected chi connectivity index (χ2v) is 4.54. The van der Waals surface area contributed by atoms with Crippen molar-refractivity contribution in [1.29, 1.82) is 0 Å². The molecule has 2 aliphatic rings. The van der Waals surface area contributed by atoms with E-state index < -0.39 is 0 Å². The van der Waals surface area contributed by atoms with Crippen LogP contribution in [0.25, 0.3) is 0 Å². The first-order valence-electron chi connectivity index (χ1n) is 5.41. The first-order chi connectivity index (χ1) is 6.70. The monoisotopic (exact) mass is 197 g/mol. The maximum absolute atomic E-state index is 11.2. The smallest absolute Gasteiger partial charge is 0.221 e. The van der Waals surface area contributed by atoms with Crippen LogP contribution >= 0.6 is 0 Å². The Morgan fingerprint density at radius 1 is 1.36 bits per heavy atom. The third kappa shape index (κ3) is 2.07. The van der Waals surface area contributed by atoms with E-state index in [0.717, 1.165) is 39.0 Å². The summed E-state index contributed by atoms with van der Waals surface area (Å²) in [5.41, 5.74) is 0.179. The zero-order valence-electron chi connectivity index (χ0n) is 8.81. The fourth-order valence-electron chi connectivity index (χ4n) is 2.26. The second kappa shape index (κ2) is 3.87. The van der Waals surface area contributed by atoms with Crippen molar-refractivity contribution in [3.63, 3.8) is 0 Å². The molecule has 14 heavy (non-hydrogen) atoms. The van der Waals surface area contributed by atoms with Crippen molar-refractivity contribution >= 4 is 5.91 Å². The summed E-state index contributed by atoms with van der Waals surface area (Å²) in [5, 5.41) is 6.54. The van der Waals surface area contributed by atoms with Crippen LogP contribution in [0.2, 0.25) is 0 Å². The molecular formula is C10H19N3O. The lowest BCUT2D eigenvalue weighted by Crippen LogP contribution is -2.56. The van der Waals surface area contributed by atoms with E-state index in [0.29, 0.717) is 6.42 Å². The van der Waals surface area contributed by atoms with Crippen molar-refractivity contribution in [2.75, 3.05) is 33.2 Å². The van der Waals surface area contributed by atoms with Crippen molar-refractivity contribution in [2.24, 2.45) is 0 Å². The highest BCUT2D eigenvalue weighted by Gasteiger charge is 2.34. The van der Waals surface area contributed by atoms with Crippen molar-refractivity contribution in [3.05, 3.63) is 0 Å². The van der Waals surface area contributed by atoms with Gasteiger partial charge in [0.05, 0.1) is 0 Å². The summed E-state index contributed by atoms with van der Waals surface area (Å²) in [6, 6.07) is 0. The van der Waals surface area contributed by atoms with E-state index in [2.05, 4.69) is 22.6 Å². The van der Waals surface area contributed by atoms with Crippen LogP contribution in [0.4, 0.5) is 0 Å². The highest BCUT2D eigenvalue weighted by atomic mass is 16.1. The minimum atomic E-state index is 0.179. The molecule has 2 aliphatic heterocycles. The van der Waals surface area contributed by atoms with Crippen molar-refractivity contribution in [1.82, 2.24) is 15.5 Å². The number of nitrogens with zero attached hydrogens (tertiary/aromatic N) is 1. The van der Waals surface area contributed by atoms with E-state index in [9.17, 15) is 4.79 Å². The Kier molecular flexibility index (Phi) is 2.74. The van der Waals surface area contributed by atoms with Gasteiger partial charge >= 0.3 is 0 Å². The van der Waals surface area contributed by atoms with E-state index >= 15 is 0 Å². The van der Waals surface area contributed by atoms with Gasteiger partial charge in [-0.05, 0) is 33.0 Å². The number of piperidine rings is 1. The van der Waals surface area contributed by atoms with Crippen LogP contribution in [-0.4, -0.2) is 49.6 Å². The second-order valence-electron chi connectivity index (χ2n) is 4.54. The van der Waals surface area contributed by atoms with Crippen LogP contribution in [0.1, 0.15) is 19.3 Å². The molecule has 0 bridgehead atoms. The van der Waals surface area contributed by atoms with E-state index in [1.54, 1.807) is 0 Å². The molecule has 4 heteroatoms. The van der Waals surface area contributed by atoms with Crippen LogP contribution in [0, 0.1) is 0 Å². The quantitative estimate of drug-likeness (QED) is 0.553. The van der Waals surface area contributed by atoms with E-state index in [-0.39, 0.29) is 11.4 Å². The van der Waals surface area contributed by atoms with Crippen molar-refractivity contribution < 1.29 is 4.79 Å². The molecule has 2 fully saturated rings. The SMILES string of the molecule is CN1CCC2(CC1)CNC(=O)CCN2. The number of amides is 1. The van der Waals surface area contributed by atoms with Crippen molar-refractivity contribution in [3.8, 4) is 0 Å². The normalized spacial score (nSPS) is 28.5. The molecule has 2 heterocycles. The van der Waals surface area contributed by atoms with Crippen molar-refractivity contribution in [2.45, 2.75) is 24.8 Å². The third-order valence-corrected chi connectivity index (χ3v) is 3.42.